The number of rotatable bonds is 3. The van der Waals surface area contributed by atoms with Gasteiger partial charge < -0.3 is 15.4 Å². The number of piperidine rings is 1. The molecule has 0 saturated carbocycles. The number of nitrogens with two attached hydrogens (primary N) is 1. The Bertz CT molecular complexity index is 700. The normalized spacial score (nSPS) is 15.4. The molecule has 2 aromatic rings. The van der Waals surface area contributed by atoms with E-state index in [1.54, 1.807) is 41.3 Å². The first-order valence-corrected chi connectivity index (χ1v) is 7.56. The number of aromatic nitrogens is 1. The molecule has 1 fully saturated rings. The number of anilines is 1. The molecule has 0 aliphatic carbocycles. The Kier molecular flexibility index (Phi) is 4.41. The Labute approximate surface area is 133 Å². The van der Waals surface area contributed by atoms with Gasteiger partial charge in [-0.1, -0.05) is 18.2 Å². The molecule has 0 spiro atoms. The second-order valence-corrected chi connectivity index (χ2v) is 5.49. The summed E-state index contributed by atoms with van der Waals surface area (Å²) in [6, 6.07) is 11.4. The number of hydrogen-bond donors (Lipinski definition) is 1. The van der Waals surface area contributed by atoms with Crippen molar-refractivity contribution in [1.29, 1.82) is 0 Å². The minimum Gasteiger partial charge on any atom is -0.487 e. The SMILES string of the molecule is Nc1cccc(C(=O)N2CCC(Oc3ccccc3F)CC2)n1. The third-order valence-electron chi connectivity index (χ3n) is 3.85. The summed E-state index contributed by atoms with van der Waals surface area (Å²) in [5, 5.41) is 0. The van der Waals surface area contributed by atoms with E-state index in [0.29, 0.717) is 37.4 Å². The second-order valence-electron chi connectivity index (χ2n) is 5.49. The van der Waals surface area contributed by atoms with Gasteiger partial charge in [-0.3, -0.25) is 4.79 Å². The molecular formula is C17H18FN3O2. The number of benzene rings is 1. The predicted octanol–water partition coefficient (Wildman–Crippen LogP) is 2.49. The van der Waals surface area contributed by atoms with Gasteiger partial charge in [0.25, 0.3) is 5.91 Å². The molecule has 0 atom stereocenters. The summed E-state index contributed by atoms with van der Waals surface area (Å²) in [5.41, 5.74) is 5.96. The van der Waals surface area contributed by atoms with Gasteiger partial charge >= 0.3 is 0 Å². The number of hydrogen-bond acceptors (Lipinski definition) is 4. The van der Waals surface area contributed by atoms with Crippen LogP contribution in [0.2, 0.25) is 0 Å². The van der Waals surface area contributed by atoms with Crippen LogP contribution in [-0.4, -0.2) is 35.0 Å². The number of ether oxygens (including phenoxy) is 1. The van der Waals surface area contributed by atoms with E-state index in [1.165, 1.54) is 6.07 Å². The van der Waals surface area contributed by atoms with E-state index in [2.05, 4.69) is 4.98 Å². The van der Waals surface area contributed by atoms with Crippen LogP contribution in [0.4, 0.5) is 10.2 Å². The Morgan fingerprint density at radius 1 is 1.17 bits per heavy atom. The van der Waals surface area contributed by atoms with Crippen LogP contribution < -0.4 is 10.5 Å². The lowest BCUT2D eigenvalue weighted by atomic mass is 10.1. The molecule has 1 aromatic carbocycles. The number of likely N-dealkylation sites (tertiary alicyclic amines) is 1. The maximum Gasteiger partial charge on any atom is 0.272 e. The van der Waals surface area contributed by atoms with E-state index in [4.69, 9.17) is 10.5 Å². The lowest BCUT2D eigenvalue weighted by Gasteiger charge is -2.32. The summed E-state index contributed by atoms with van der Waals surface area (Å²) in [6.07, 6.45) is 1.22. The summed E-state index contributed by atoms with van der Waals surface area (Å²) in [5.74, 6) is 0.0833. The van der Waals surface area contributed by atoms with Crippen molar-refractivity contribution in [2.75, 3.05) is 18.8 Å². The minimum absolute atomic E-state index is 0.0928. The van der Waals surface area contributed by atoms with Crippen molar-refractivity contribution in [2.24, 2.45) is 0 Å². The quantitative estimate of drug-likeness (QED) is 0.945. The minimum atomic E-state index is -0.366. The number of nitrogen functional groups attached to an aromatic ring is 1. The molecule has 1 amide bonds. The molecule has 0 bridgehead atoms. The summed E-state index contributed by atoms with van der Waals surface area (Å²) >= 11 is 0. The van der Waals surface area contributed by atoms with Crippen LogP contribution in [0.3, 0.4) is 0 Å². The zero-order chi connectivity index (χ0) is 16.2. The van der Waals surface area contributed by atoms with E-state index in [1.807, 2.05) is 0 Å². The smallest absolute Gasteiger partial charge is 0.272 e. The van der Waals surface area contributed by atoms with Gasteiger partial charge in [0.2, 0.25) is 0 Å². The first-order valence-electron chi connectivity index (χ1n) is 7.56. The molecule has 0 radical (unpaired) electrons. The van der Waals surface area contributed by atoms with Crippen LogP contribution in [0.25, 0.3) is 0 Å². The molecule has 0 unspecified atom stereocenters. The molecule has 1 aliphatic heterocycles. The lowest BCUT2D eigenvalue weighted by Crippen LogP contribution is -2.42. The fourth-order valence-electron chi connectivity index (χ4n) is 2.63. The first kappa shape index (κ1) is 15.3. The van der Waals surface area contributed by atoms with Gasteiger partial charge in [-0.05, 0) is 24.3 Å². The molecule has 1 aliphatic rings. The summed E-state index contributed by atoms with van der Waals surface area (Å²) in [6.45, 7) is 1.10. The highest BCUT2D eigenvalue weighted by molar-refractivity contribution is 5.92. The zero-order valence-corrected chi connectivity index (χ0v) is 12.6. The van der Waals surface area contributed by atoms with Crippen LogP contribution in [0.5, 0.6) is 5.75 Å². The van der Waals surface area contributed by atoms with Gasteiger partial charge in [0.1, 0.15) is 17.6 Å². The van der Waals surface area contributed by atoms with Gasteiger partial charge in [0.05, 0.1) is 0 Å². The standard InChI is InChI=1S/C17H18FN3O2/c18-13-4-1-2-6-15(13)23-12-8-10-21(11-9-12)17(22)14-5-3-7-16(19)20-14/h1-7,12H,8-11H2,(H2,19,20). The number of halogens is 1. The number of carbonyl (C=O) groups is 1. The predicted molar refractivity (Wildman–Crippen MR) is 84.6 cm³/mol. The Morgan fingerprint density at radius 3 is 2.61 bits per heavy atom. The molecule has 23 heavy (non-hydrogen) atoms. The van der Waals surface area contributed by atoms with Crippen LogP contribution in [0, 0.1) is 5.82 Å². The van der Waals surface area contributed by atoms with Crippen molar-refractivity contribution in [3.05, 3.63) is 54.0 Å². The van der Waals surface area contributed by atoms with Crippen molar-refractivity contribution in [2.45, 2.75) is 18.9 Å². The van der Waals surface area contributed by atoms with E-state index >= 15 is 0 Å². The van der Waals surface area contributed by atoms with E-state index in [-0.39, 0.29) is 23.6 Å². The van der Waals surface area contributed by atoms with Gasteiger partial charge in [-0.15, -0.1) is 0 Å². The van der Waals surface area contributed by atoms with Crippen LogP contribution in [-0.2, 0) is 0 Å². The number of pyridine rings is 1. The third-order valence-corrected chi connectivity index (χ3v) is 3.85. The molecule has 1 aromatic heterocycles. The van der Waals surface area contributed by atoms with Gasteiger partial charge in [0.15, 0.2) is 11.6 Å². The van der Waals surface area contributed by atoms with Gasteiger partial charge in [-0.2, -0.15) is 0 Å². The number of carbonyl (C=O) groups excluding carboxylic acids is 1. The third kappa shape index (κ3) is 3.59. The van der Waals surface area contributed by atoms with Crippen LogP contribution in [0.1, 0.15) is 23.3 Å². The van der Waals surface area contributed by atoms with E-state index in [0.717, 1.165) is 0 Å². The number of para-hydroxylation sites is 1. The van der Waals surface area contributed by atoms with E-state index < -0.39 is 0 Å². The van der Waals surface area contributed by atoms with Gasteiger partial charge in [0, 0.05) is 25.9 Å². The topological polar surface area (TPSA) is 68.5 Å². The first-order chi connectivity index (χ1) is 11.1. The Morgan fingerprint density at radius 2 is 1.91 bits per heavy atom. The highest BCUT2D eigenvalue weighted by Gasteiger charge is 2.25. The summed E-state index contributed by atoms with van der Waals surface area (Å²) < 4.78 is 19.3. The average molecular weight is 315 g/mol. The lowest BCUT2D eigenvalue weighted by molar-refractivity contribution is 0.0583. The summed E-state index contributed by atoms with van der Waals surface area (Å²) in [4.78, 5) is 18.2. The number of amides is 1. The molecule has 3 rings (SSSR count). The molecule has 2 heterocycles. The average Bonchev–Trinajstić information content (AvgIpc) is 2.57. The van der Waals surface area contributed by atoms with Crippen LogP contribution >= 0.6 is 0 Å². The molecule has 5 nitrogen and oxygen atoms in total. The maximum absolute atomic E-state index is 13.6. The maximum atomic E-state index is 13.6. The van der Waals surface area contributed by atoms with Gasteiger partial charge in [-0.25, -0.2) is 9.37 Å². The van der Waals surface area contributed by atoms with E-state index in [9.17, 15) is 9.18 Å². The number of nitrogens with zero attached hydrogens (tertiary/aromatic N) is 2. The zero-order valence-electron chi connectivity index (χ0n) is 12.6. The Balaban J connectivity index is 1.58. The largest absolute Gasteiger partial charge is 0.487 e. The van der Waals surface area contributed by atoms with Crippen molar-refractivity contribution in [3.63, 3.8) is 0 Å². The Hall–Kier alpha value is -2.63. The molecular weight excluding hydrogens is 297 g/mol. The van der Waals surface area contributed by atoms with Crippen molar-refractivity contribution >= 4 is 11.7 Å². The molecule has 2 N–H and O–H groups in total. The second kappa shape index (κ2) is 6.64. The molecule has 1 saturated heterocycles. The highest BCUT2D eigenvalue weighted by Crippen LogP contribution is 2.22. The molecule has 6 heteroatoms. The summed E-state index contributed by atoms with van der Waals surface area (Å²) in [7, 11) is 0. The van der Waals surface area contributed by atoms with Crippen molar-refractivity contribution < 1.29 is 13.9 Å². The van der Waals surface area contributed by atoms with Crippen LogP contribution in [0.15, 0.2) is 42.5 Å². The highest BCUT2D eigenvalue weighted by atomic mass is 19.1. The molecule has 120 valence electrons. The van der Waals surface area contributed by atoms with Crippen molar-refractivity contribution in [1.82, 2.24) is 9.88 Å². The fourth-order valence-corrected chi connectivity index (χ4v) is 2.63. The van der Waals surface area contributed by atoms with Crippen molar-refractivity contribution in [3.8, 4) is 5.75 Å². The fraction of sp³-hybridized carbons (Fsp3) is 0.294. The monoisotopic (exact) mass is 315 g/mol.